The molecule has 7 heteroatoms. The number of nitrogens with zero attached hydrogens (tertiary/aromatic N) is 2. The zero-order chi connectivity index (χ0) is 26.8. The van der Waals surface area contributed by atoms with E-state index in [4.69, 9.17) is 4.99 Å². The Hall–Kier alpha value is -4.09. The fourth-order valence-electron chi connectivity index (χ4n) is 5.86. The van der Waals surface area contributed by atoms with E-state index >= 15 is 0 Å². The maximum absolute atomic E-state index is 14.8. The van der Waals surface area contributed by atoms with E-state index in [1.165, 1.54) is 0 Å². The molecule has 5 aromatic carbocycles. The topological polar surface area (TPSA) is 63.6 Å². The van der Waals surface area contributed by atoms with Crippen molar-refractivity contribution in [2.24, 2.45) is 4.99 Å². The predicted octanol–water partition coefficient (Wildman–Crippen LogP) is 5.83. The van der Waals surface area contributed by atoms with Crippen LogP contribution in [0.4, 0.5) is 17.1 Å². The molecule has 2 aliphatic rings. The first-order valence-corrected chi connectivity index (χ1v) is 15.8. The van der Waals surface area contributed by atoms with Gasteiger partial charge in [-0.05, 0) is 42.5 Å². The van der Waals surface area contributed by atoms with E-state index < -0.39 is 17.0 Å². The first kappa shape index (κ1) is 24.0. The number of para-hydroxylation sites is 2. The van der Waals surface area contributed by atoms with E-state index in [9.17, 15) is 13.0 Å². The SMILES string of the molecule is C[N+]12C(c3ccc(P(=O)(c4ccccc4)c4ccccc4)cc3)=Nc3cccc(c31)S(=O)(=O)c1ccccc12. The van der Waals surface area contributed by atoms with E-state index in [2.05, 4.69) is 0 Å². The van der Waals surface area contributed by atoms with Crippen LogP contribution in [0.2, 0.25) is 0 Å². The molecule has 0 spiro atoms. The molecular formula is C32H24N2O3PS+. The van der Waals surface area contributed by atoms with Crippen molar-refractivity contribution in [3.8, 4) is 0 Å². The molecule has 7 rings (SSSR count). The minimum atomic E-state index is -3.67. The largest absolute Gasteiger partial charge is 0.309 e. The Kier molecular flexibility index (Phi) is 5.20. The minimum Gasteiger partial charge on any atom is -0.309 e. The van der Waals surface area contributed by atoms with Gasteiger partial charge in [-0.1, -0.05) is 78.9 Å². The smallest absolute Gasteiger partial charge is 0.245 e. The Bertz CT molecular complexity index is 1910. The maximum Gasteiger partial charge on any atom is 0.245 e. The van der Waals surface area contributed by atoms with Crippen LogP contribution in [0, 0.1) is 0 Å². The fourth-order valence-corrected chi connectivity index (χ4v) is 10.3. The summed E-state index contributed by atoms with van der Waals surface area (Å²) in [6.45, 7) is 0. The van der Waals surface area contributed by atoms with Crippen molar-refractivity contribution in [3.05, 3.63) is 133 Å². The highest BCUT2D eigenvalue weighted by molar-refractivity contribution is 7.92. The number of sulfone groups is 1. The summed E-state index contributed by atoms with van der Waals surface area (Å²) in [4.78, 5) is 5.55. The summed E-state index contributed by atoms with van der Waals surface area (Å²) in [5.74, 6) is 0.723. The standard InChI is InChI=1S/C32H24N2O3PS/c1-34-28-16-8-9-17-29(28)39(36,37)30-18-10-15-27(31(30)34)33-32(34)23-19-21-26(22-20-23)38(35,24-11-4-2-5-12-24)25-13-6-3-7-14-25/h2-22H,1H3/q+1. The molecule has 0 N–H and O–H groups in total. The first-order valence-electron chi connectivity index (χ1n) is 12.6. The summed E-state index contributed by atoms with van der Waals surface area (Å²) in [5, 5.41) is 2.27. The highest BCUT2D eigenvalue weighted by Crippen LogP contribution is 2.56. The summed E-state index contributed by atoms with van der Waals surface area (Å²) in [5.41, 5.74) is 2.81. The Morgan fingerprint density at radius 3 is 1.79 bits per heavy atom. The van der Waals surface area contributed by atoms with Gasteiger partial charge in [0.2, 0.25) is 15.7 Å². The van der Waals surface area contributed by atoms with Gasteiger partial charge in [-0.3, -0.25) is 0 Å². The maximum atomic E-state index is 14.8. The lowest BCUT2D eigenvalue weighted by molar-refractivity contribution is 0.576. The second kappa shape index (κ2) is 8.45. The number of benzene rings is 5. The van der Waals surface area contributed by atoms with Crippen molar-refractivity contribution in [2.75, 3.05) is 7.05 Å². The molecule has 2 aliphatic heterocycles. The highest BCUT2D eigenvalue weighted by atomic mass is 32.2. The van der Waals surface area contributed by atoms with Crippen LogP contribution in [-0.2, 0) is 14.4 Å². The summed E-state index contributed by atoms with van der Waals surface area (Å²) >= 11 is 0. The average Bonchev–Trinajstić information content (AvgIpc) is 3.31. The van der Waals surface area contributed by atoms with Gasteiger partial charge < -0.3 is 4.57 Å². The molecule has 5 nitrogen and oxygen atoms in total. The van der Waals surface area contributed by atoms with Crippen molar-refractivity contribution in [1.82, 2.24) is 4.48 Å². The minimum absolute atomic E-state index is 0.148. The lowest BCUT2D eigenvalue weighted by Gasteiger charge is -2.35. The van der Waals surface area contributed by atoms with Gasteiger partial charge in [0, 0.05) is 22.0 Å². The van der Waals surface area contributed by atoms with Crippen molar-refractivity contribution in [3.63, 3.8) is 0 Å². The molecule has 1 atom stereocenters. The number of rotatable bonds is 4. The Morgan fingerprint density at radius 1 is 0.615 bits per heavy atom. The number of hydrogen-bond acceptors (Lipinski definition) is 4. The Balaban J connectivity index is 1.40. The monoisotopic (exact) mass is 547 g/mol. The predicted molar refractivity (Wildman–Crippen MR) is 158 cm³/mol. The van der Waals surface area contributed by atoms with Crippen LogP contribution < -0.4 is 20.4 Å². The molecule has 0 amide bonds. The molecule has 0 aliphatic carbocycles. The fraction of sp³-hybridized carbons (Fsp3) is 0.0312. The Morgan fingerprint density at radius 2 is 1.15 bits per heavy atom. The number of quaternary nitrogens is 1. The van der Waals surface area contributed by atoms with Gasteiger partial charge >= 0.3 is 0 Å². The second-order valence-electron chi connectivity index (χ2n) is 9.86. The third-order valence-electron chi connectivity index (χ3n) is 7.73. The lowest BCUT2D eigenvalue weighted by atomic mass is 10.1. The van der Waals surface area contributed by atoms with Gasteiger partial charge in [0.25, 0.3) is 0 Å². The van der Waals surface area contributed by atoms with E-state index in [0.29, 0.717) is 22.0 Å². The number of amidine groups is 1. The van der Waals surface area contributed by atoms with Crippen molar-refractivity contribution >= 4 is 55.8 Å². The van der Waals surface area contributed by atoms with Gasteiger partial charge in [0.05, 0.1) is 12.6 Å². The average molecular weight is 548 g/mol. The van der Waals surface area contributed by atoms with Crippen molar-refractivity contribution < 1.29 is 13.0 Å². The zero-order valence-electron chi connectivity index (χ0n) is 21.1. The van der Waals surface area contributed by atoms with E-state index in [1.54, 1.807) is 24.3 Å². The molecule has 0 bridgehead atoms. The van der Waals surface area contributed by atoms with Gasteiger partial charge in [-0.2, -0.15) is 4.99 Å². The number of hydrogen-bond donors (Lipinski definition) is 0. The van der Waals surface area contributed by atoms with Crippen LogP contribution in [0.25, 0.3) is 0 Å². The lowest BCUT2D eigenvalue weighted by Crippen LogP contribution is -2.47. The first-order chi connectivity index (χ1) is 18.9. The molecular weight excluding hydrogens is 523 g/mol. The van der Waals surface area contributed by atoms with Gasteiger partial charge in [-0.15, -0.1) is 0 Å². The van der Waals surface area contributed by atoms with Crippen molar-refractivity contribution in [1.29, 1.82) is 0 Å². The van der Waals surface area contributed by atoms with Crippen LogP contribution in [0.5, 0.6) is 0 Å². The summed E-state index contributed by atoms with van der Waals surface area (Å²) in [6.07, 6.45) is 0. The number of aliphatic imine (C=N–C) groups is 1. The molecule has 1 unspecified atom stereocenters. The molecule has 0 saturated carbocycles. The van der Waals surface area contributed by atoms with Gasteiger partial charge in [0.15, 0.2) is 18.5 Å². The van der Waals surface area contributed by atoms with Crippen molar-refractivity contribution in [2.45, 2.75) is 9.79 Å². The van der Waals surface area contributed by atoms with Gasteiger partial charge in [0.1, 0.15) is 15.5 Å². The highest BCUT2D eigenvalue weighted by Gasteiger charge is 2.53. The van der Waals surface area contributed by atoms with E-state index in [1.807, 2.05) is 110 Å². The van der Waals surface area contributed by atoms with E-state index in [-0.39, 0.29) is 9.38 Å². The molecule has 39 heavy (non-hydrogen) atoms. The number of fused-ring (bicyclic) bond motifs is 2. The molecule has 0 saturated heterocycles. The molecule has 0 fully saturated rings. The Labute approximate surface area is 227 Å². The molecule has 2 heterocycles. The third kappa shape index (κ3) is 3.26. The quantitative estimate of drug-likeness (QED) is 0.210. The van der Waals surface area contributed by atoms with Crippen LogP contribution in [0.3, 0.4) is 0 Å². The van der Waals surface area contributed by atoms with E-state index in [0.717, 1.165) is 27.3 Å². The van der Waals surface area contributed by atoms with Crippen LogP contribution in [0.15, 0.2) is 142 Å². The van der Waals surface area contributed by atoms with Crippen LogP contribution in [-0.4, -0.2) is 21.3 Å². The molecule has 0 aromatic heterocycles. The second-order valence-corrected chi connectivity index (χ2v) is 14.5. The van der Waals surface area contributed by atoms with Gasteiger partial charge in [-0.25, -0.2) is 12.9 Å². The normalized spacial score (nSPS) is 18.6. The zero-order valence-corrected chi connectivity index (χ0v) is 22.8. The summed E-state index contributed by atoms with van der Waals surface area (Å²) in [7, 11) is -4.80. The molecule has 5 aromatic rings. The van der Waals surface area contributed by atoms with Crippen LogP contribution >= 0.6 is 7.14 Å². The summed E-state index contributed by atoms with van der Waals surface area (Å²) in [6, 6.07) is 39.3. The van der Waals surface area contributed by atoms with Crippen LogP contribution in [0.1, 0.15) is 5.56 Å². The molecule has 0 radical (unpaired) electrons. The molecule has 190 valence electrons. The third-order valence-corrected chi connectivity index (χ3v) is 12.6. The summed E-state index contributed by atoms with van der Waals surface area (Å²) < 4.78 is 42.0.